The largest absolute Gasteiger partial charge is 0.338 e. The molecular formula is C16H23N5OS. The SMILES string of the molecule is CC(C(=O)Nc1nccs1)N1CCC(Cc2nccn2C)CC1. The van der Waals surface area contributed by atoms with Crippen LogP contribution in [0.4, 0.5) is 5.13 Å². The van der Waals surface area contributed by atoms with Gasteiger partial charge in [0.15, 0.2) is 5.13 Å². The number of imidazole rings is 1. The van der Waals surface area contributed by atoms with Crippen LogP contribution in [0.3, 0.4) is 0 Å². The third kappa shape index (κ3) is 3.97. The molecule has 1 fully saturated rings. The van der Waals surface area contributed by atoms with Crippen molar-refractivity contribution in [3.63, 3.8) is 0 Å². The van der Waals surface area contributed by atoms with E-state index in [1.807, 2.05) is 31.7 Å². The molecule has 2 aromatic heterocycles. The van der Waals surface area contributed by atoms with Gasteiger partial charge in [0.25, 0.3) is 0 Å². The van der Waals surface area contributed by atoms with Crippen molar-refractivity contribution in [1.29, 1.82) is 0 Å². The molecule has 1 saturated heterocycles. The summed E-state index contributed by atoms with van der Waals surface area (Å²) in [5.74, 6) is 1.84. The van der Waals surface area contributed by atoms with E-state index in [4.69, 9.17) is 0 Å². The quantitative estimate of drug-likeness (QED) is 0.911. The summed E-state index contributed by atoms with van der Waals surface area (Å²) in [5.41, 5.74) is 0. The van der Waals surface area contributed by atoms with Crippen molar-refractivity contribution in [2.45, 2.75) is 32.2 Å². The lowest BCUT2D eigenvalue weighted by Crippen LogP contribution is -2.46. The Bertz CT molecular complexity index is 631. The van der Waals surface area contributed by atoms with Gasteiger partial charge in [0, 0.05) is 37.4 Å². The topological polar surface area (TPSA) is 63.1 Å². The van der Waals surface area contributed by atoms with E-state index in [9.17, 15) is 4.79 Å². The van der Waals surface area contributed by atoms with Crippen LogP contribution in [0.5, 0.6) is 0 Å². The van der Waals surface area contributed by atoms with Crippen LogP contribution in [0.15, 0.2) is 24.0 Å². The van der Waals surface area contributed by atoms with Crippen LogP contribution in [0.2, 0.25) is 0 Å². The van der Waals surface area contributed by atoms with Crippen molar-refractivity contribution in [3.8, 4) is 0 Å². The van der Waals surface area contributed by atoms with Crippen molar-refractivity contribution in [3.05, 3.63) is 29.8 Å². The number of aromatic nitrogens is 3. The van der Waals surface area contributed by atoms with E-state index in [0.29, 0.717) is 11.0 Å². The second-order valence-electron chi connectivity index (χ2n) is 6.14. The second-order valence-corrected chi connectivity index (χ2v) is 7.03. The van der Waals surface area contributed by atoms with E-state index in [2.05, 4.69) is 24.8 Å². The van der Waals surface area contributed by atoms with Gasteiger partial charge in [-0.05, 0) is 38.8 Å². The predicted molar refractivity (Wildman–Crippen MR) is 91.4 cm³/mol. The van der Waals surface area contributed by atoms with Crippen LogP contribution in [0.1, 0.15) is 25.6 Å². The molecule has 1 unspecified atom stereocenters. The normalized spacial score (nSPS) is 18.0. The highest BCUT2D eigenvalue weighted by Gasteiger charge is 2.27. The molecule has 7 heteroatoms. The van der Waals surface area contributed by atoms with Crippen LogP contribution in [-0.2, 0) is 18.3 Å². The lowest BCUT2D eigenvalue weighted by Gasteiger charge is -2.35. The molecule has 0 aliphatic carbocycles. The Morgan fingerprint density at radius 3 is 2.78 bits per heavy atom. The van der Waals surface area contributed by atoms with Gasteiger partial charge < -0.3 is 9.88 Å². The van der Waals surface area contributed by atoms with Crippen LogP contribution < -0.4 is 5.32 Å². The number of aryl methyl sites for hydroxylation is 1. The molecule has 6 nitrogen and oxygen atoms in total. The molecule has 0 bridgehead atoms. The monoisotopic (exact) mass is 333 g/mol. The zero-order valence-corrected chi connectivity index (χ0v) is 14.4. The number of hydrogen-bond donors (Lipinski definition) is 1. The third-order valence-electron chi connectivity index (χ3n) is 4.63. The fraction of sp³-hybridized carbons (Fsp3) is 0.562. The lowest BCUT2D eigenvalue weighted by atomic mass is 9.92. The van der Waals surface area contributed by atoms with E-state index in [1.54, 1.807) is 6.20 Å². The average molecular weight is 333 g/mol. The minimum atomic E-state index is -0.118. The first-order valence-electron chi connectivity index (χ1n) is 8.04. The summed E-state index contributed by atoms with van der Waals surface area (Å²) in [6.45, 7) is 3.89. The van der Waals surface area contributed by atoms with Gasteiger partial charge in [-0.1, -0.05) is 0 Å². The van der Waals surface area contributed by atoms with E-state index in [1.165, 1.54) is 11.3 Å². The molecule has 23 heavy (non-hydrogen) atoms. The molecule has 0 spiro atoms. The highest BCUT2D eigenvalue weighted by Crippen LogP contribution is 2.23. The number of carbonyl (C=O) groups excluding carboxylic acids is 1. The van der Waals surface area contributed by atoms with Crippen molar-refractivity contribution < 1.29 is 4.79 Å². The summed E-state index contributed by atoms with van der Waals surface area (Å²) in [5, 5.41) is 5.42. The van der Waals surface area contributed by atoms with Gasteiger partial charge in [-0.3, -0.25) is 9.69 Å². The van der Waals surface area contributed by atoms with Crippen molar-refractivity contribution in [2.24, 2.45) is 13.0 Å². The molecule has 3 heterocycles. The number of rotatable bonds is 5. The number of anilines is 1. The van der Waals surface area contributed by atoms with E-state index >= 15 is 0 Å². The Hall–Kier alpha value is -1.73. The molecule has 2 aromatic rings. The van der Waals surface area contributed by atoms with Gasteiger partial charge in [0.05, 0.1) is 6.04 Å². The smallest absolute Gasteiger partial charge is 0.243 e. The first kappa shape index (κ1) is 16.1. The molecule has 1 aliphatic heterocycles. The molecule has 0 radical (unpaired) electrons. The fourth-order valence-corrected chi connectivity index (χ4v) is 3.59. The summed E-state index contributed by atoms with van der Waals surface area (Å²) in [7, 11) is 2.04. The van der Waals surface area contributed by atoms with Gasteiger partial charge in [-0.15, -0.1) is 11.3 Å². The average Bonchev–Trinajstić information content (AvgIpc) is 3.20. The molecule has 124 valence electrons. The Morgan fingerprint density at radius 1 is 1.39 bits per heavy atom. The standard InChI is InChI=1S/C16H23N5OS/c1-12(15(22)19-16-18-6-10-23-16)21-7-3-13(4-8-21)11-14-17-5-9-20(14)2/h5-6,9-10,12-13H,3-4,7-8,11H2,1-2H3,(H,18,19,22). The molecule has 1 atom stereocenters. The summed E-state index contributed by atoms with van der Waals surface area (Å²) in [4.78, 5) is 23.1. The molecule has 3 rings (SSSR count). The zero-order valence-electron chi connectivity index (χ0n) is 13.6. The Kier molecular flexibility index (Phi) is 5.07. The Balaban J connectivity index is 1.48. The van der Waals surface area contributed by atoms with Crippen molar-refractivity contribution in [2.75, 3.05) is 18.4 Å². The van der Waals surface area contributed by atoms with Gasteiger partial charge in [0.1, 0.15) is 5.82 Å². The van der Waals surface area contributed by atoms with Gasteiger partial charge in [-0.2, -0.15) is 0 Å². The number of carbonyl (C=O) groups is 1. The summed E-state index contributed by atoms with van der Waals surface area (Å²) < 4.78 is 2.09. The highest BCUT2D eigenvalue weighted by atomic mass is 32.1. The minimum Gasteiger partial charge on any atom is -0.338 e. The number of thiazole rings is 1. The number of nitrogens with zero attached hydrogens (tertiary/aromatic N) is 4. The van der Waals surface area contributed by atoms with E-state index in [0.717, 1.165) is 38.2 Å². The molecule has 1 amide bonds. The molecule has 0 saturated carbocycles. The van der Waals surface area contributed by atoms with Crippen molar-refractivity contribution in [1.82, 2.24) is 19.4 Å². The maximum absolute atomic E-state index is 12.3. The Labute approximate surface area is 140 Å². The van der Waals surface area contributed by atoms with Gasteiger partial charge >= 0.3 is 0 Å². The summed E-state index contributed by atoms with van der Waals surface area (Å²) in [6, 6.07) is -0.118. The molecule has 1 N–H and O–H groups in total. The maximum atomic E-state index is 12.3. The number of hydrogen-bond acceptors (Lipinski definition) is 5. The molecule has 1 aliphatic rings. The van der Waals surface area contributed by atoms with E-state index in [-0.39, 0.29) is 11.9 Å². The van der Waals surface area contributed by atoms with Crippen LogP contribution >= 0.6 is 11.3 Å². The lowest BCUT2D eigenvalue weighted by molar-refractivity contribution is -0.121. The first-order chi connectivity index (χ1) is 11.1. The number of likely N-dealkylation sites (tertiary alicyclic amines) is 1. The molecule has 0 aromatic carbocycles. The summed E-state index contributed by atoms with van der Waals surface area (Å²) in [6.07, 6.45) is 8.81. The first-order valence-corrected chi connectivity index (χ1v) is 8.92. The van der Waals surface area contributed by atoms with Crippen LogP contribution in [-0.4, -0.2) is 44.5 Å². The van der Waals surface area contributed by atoms with E-state index < -0.39 is 0 Å². The van der Waals surface area contributed by atoms with Crippen LogP contribution in [0.25, 0.3) is 0 Å². The van der Waals surface area contributed by atoms with Crippen molar-refractivity contribution >= 4 is 22.4 Å². The Morgan fingerprint density at radius 2 is 2.17 bits per heavy atom. The summed E-state index contributed by atoms with van der Waals surface area (Å²) >= 11 is 1.45. The highest BCUT2D eigenvalue weighted by molar-refractivity contribution is 7.13. The number of piperidine rings is 1. The number of nitrogens with one attached hydrogen (secondary N) is 1. The molecular weight excluding hydrogens is 310 g/mol. The number of amides is 1. The third-order valence-corrected chi connectivity index (χ3v) is 5.32. The fourth-order valence-electron chi connectivity index (χ4n) is 3.06. The predicted octanol–water partition coefficient (Wildman–Crippen LogP) is 2.16. The van der Waals surface area contributed by atoms with Crippen LogP contribution in [0, 0.1) is 5.92 Å². The second kappa shape index (κ2) is 7.23. The maximum Gasteiger partial charge on any atom is 0.243 e. The minimum absolute atomic E-state index is 0.0301. The van der Waals surface area contributed by atoms with Gasteiger partial charge in [0.2, 0.25) is 5.91 Å². The van der Waals surface area contributed by atoms with Gasteiger partial charge in [-0.25, -0.2) is 9.97 Å². The zero-order chi connectivity index (χ0) is 16.2.